The molecule has 0 aliphatic carbocycles. The number of methoxy groups -OCH3 is 1. The van der Waals surface area contributed by atoms with Crippen LogP contribution < -0.4 is 10.5 Å². The molecule has 2 aromatic rings. The van der Waals surface area contributed by atoms with E-state index < -0.39 is 0 Å². The molecule has 2 rings (SSSR count). The van der Waals surface area contributed by atoms with E-state index in [2.05, 4.69) is 6.07 Å². The SMILES string of the molecule is COc1ccc(Sc2c(Cl)cccc2CC(C)N)cc1. The van der Waals surface area contributed by atoms with E-state index in [0.29, 0.717) is 0 Å². The fourth-order valence-electron chi connectivity index (χ4n) is 1.94. The van der Waals surface area contributed by atoms with E-state index in [9.17, 15) is 0 Å². The Bertz CT molecular complexity index is 569. The second-order valence-corrected chi connectivity index (χ2v) is 6.18. The molecule has 20 heavy (non-hydrogen) atoms. The van der Waals surface area contributed by atoms with Gasteiger partial charge in [-0.3, -0.25) is 0 Å². The van der Waals surface area contributed by atoms with Crippen LogP contribution >= 0.6 is 23.4 Å². The zero-order valence-corrected chi connectivity index (χ0v) is 13.2. The minimum Gasteiger partial charge on any atom is -0.497 e. The first kappa shape index (κ1) is 15.2. The van der Waals surface area contributed by atoms with E-state index in [0.717, 1.165) is 27.0 Å². The first-order chi connectivity index (χ1) is 9.60. The van der Waals surface area contributed by atoms with Crippen molar-refractivity contribution in [1.29, 1.82) is 0 Å². The van der Waals surface area contributed by atoms with Gasteiger partial charge in [0.25, 0.3) is 0 Å². The molecule has 0 saturated heterocycles. The van der Waals surface area contributed by atoms with Gasteiger partial charge in [-0.05, 0) is 49.2 Å². The van der Waals surface area contributed by atoms with Crippen LogP contribution in [0.3, 0.4) is 0 Å². The average Bonchev–Trinajstić information content (AvgIpc) is 2.43. The maximum atomic E-state index is 6.33. The van der Waals surface area contributed by atoms with Crippen molar-refractivity contribution in [3.63, 3.8) is 0 Å². The van der Waals surface area contributed by atoms with Crippen LogP contribution in [0.5, 0.6) is 5.75 Å². The summed E-state index contributed by atoms with van der Waals surface area (Å²) >= 11 is 7.99. The third-order valence-corrected chi connectivity index (χ3v) is 4.49. The summed E-state index contributed by atoms with van der Waals surface area (Å²) in [7, 11) is 1.66. The summed E-state index contributed by atoms with van der Waals surface area (Å²) in [6.07, 6.45) is 0.819. The molecule has 106 valence electrons. The molecule has 2 nitrogen and oxygen atoms in total. The van der Waals surface area contributed by atoms with Gasteiger partial charge in [-0.15, -0.1) is 0 Å². The summed E-state index contributed by atoms with van der Waals surface area (Å²) in [5.41, 5.74) is 7.09. The predicted molar refractivity (Wildman–Crippen MR) is 85.9 cm³/mol. The summed E-state index contributed by atoms with van der Waals surface area (Å²) < 4.78 is 5.17. The van der Waals surface area contributed by atoms with Gasteiger partial charge in [0.1, 0.15) is 5.75 Å². The molecule has 1 atom stereocenters. The largest absolute Gasteiger partial charge is 0.497 e. The number of rotatable bonds is 5. The highest BCUT2D eigenvalue weighted by Crippen LogP contribution is 2.37. The van der Waals surface area contributed by atoms with Gasteiger partial charge >= 0.3 is 0 Å². The number of benzene rings is 2. The van der Waals surface area contributed by atoms with E-state index in [1.54, 1.807) is 18.9 Å². The molecule has 0 spiro atoms. The highest BCUT2D eigenvalue weighted by Gasteiger charge is 2.10. The molecule has 2 aromatic carbocycles. The van der Waals surface area contributed by atoms with Gasteiger partial charge in [0, 0.05) is 15.8 Å². The van der Waals surface area contributed by atoms with Crippen molar-refractivity contribution in [1.82, 2.24) is 0 Å². The minimum atomic E-state index is 0.115. The Morgan fingerprint density at radius 2 is 1.90 bits per heavy atom. The molecule has 1 unspecified atom stereocenters. The summed E-state index contributed by atoms with van der Waals surface area (Å²) in [5.74, 6) is 0.851. The molecule has 4 heteroatoms. The normalized spacial score (nSPS) is 12.2. The average molecular weight is 308 g/mol. The number of nitrogens with two attached hydrogens (primary N) is 1. The molecule has 2 N–H and O–H groups in total. The van der Waals surface area contributed by atoms with E-state index in [1.807, 2.05) is 43.3 Å². The van der Waals surface area contributed by atoms with E-state index in [4.69, 9.17) is 22.1 Å². The van der Waals surface area contributed by atoms with Gasteiger partial charge in [0.05, 0.1) is 12.1 Å². The number of halogens is 1. The molecule has 0 saturated carbocycles. The number of ether oxygens (including phenoxy) is 1. The maximum Gasteiger partial charge on any atom is 0.118 e. The second kappa shape index (κ2) is 7.02. The number of hydrogen-bond donors (Lipinski definition) is 1. The van der Waals surface area contributed by atoms with Gasteiger partial charge in [-0.2, -0.15) is 0 Å². The third-order valence-electron chi connectivity index (χ3n) is 2.87. The fourth-order valence-corrected chi connectivity index (χ4v) is 3.20. The first-order valence-electron chi connectivity index (χ1n) is 6.45. The Labute approximate surface area is 129 Å². The molecular formula is C16H18ClNOS. The van der Waals surface area contributed by atoms with Crippen molar-refractivity contribution < 1.29 is 4.74 Å². The van der Waals surface area contributed by atoms with Crippen molar-refractivity contribution in [2.45, 2.75) is 29.2 Å². The van der Waals surface area contributed by atoms with E-state index in [-0.39, 0.29) is 6.04 Å². The lowest BCUT2D eigenvalue weighted by Crippen LogP contribution is -2.18. The monoisotopic (exact) mass is 307 g/mol. The molecule has 0 heterocycles. The van der Waals surface area contributed by atoms with Crippen LogP contribution in [0.25, 0.3) is 0 Å². The van der Waals surface area contributed by atoms with Crippen LogP contribution in [-0.4, -0.2) is 13.2 Å². The lowest BCUT2D eigenvalue weighted by molar-refractivity contribution is 0.414. The van der Waals surface area contributed by atoms with Gasteiger partial charge in [0.15, 0.2) is 0 Å². The Kier molecular flexibility index (Phi) is 5.35. The van der Waals surface area contributed by atoms with Gasteiger partial charge in [0.2, 0.25) is 0 Å². The quantitative estimate of drug-likeness (QED) is 0.890. The smallest absolute Gasteiger partial charge is 0.118 e. The van der Waals surface area contributed by atoms with Gasteiger partial charge < -0.3 is 10.5 Å². The summed E-state index contributed by atoms with van der Waals surface area (Å²) in [6, 6.07) is 14.0. The zero-order chi connectivity index (χ0) is 14.5. The maximum absolute atomic E-state index is 6.33. The molecule has 0 aromatic heterocycles. The summed E-state index contributed by atoms with van der Waals surface area (Å²) in [4.78, 5) is 2.21. The van der Waals surface area contributed by atoms with Crippen LogP contribution in [0.2, 0.25) is 5.02 Å². The van der Waals surface area contributed by atoms with E-state index >= 15 is 0 Å². The fraction of sp³-hybridized carbons (Fsp3) is 0.250. The molecule has 0 amide bonds. The van der Waals surface area contributed by atoms with Crippen LogP contribution in [0.15, 0.2) is 52.3 Å². The standard InChI is InChI=1S/C16H18ClNOS/c1-11(18)10-12-4-3-5-15(17)16(12)20-14-8-6-13(19-2)7-9-14/h3-9,11H,10,18H2,1-2H3. The summed E-state index contributed by atoms with van der Waals surface area (Å²) in [5, 5.41) is 0.768. The lowest BCUT2D eigenvalue weighted by Gasteiger charge is -2.13. The van der Waals surface area contributed by atoms with Crippen molar-refractivity contribution >= 4 is 23.4 Å². The molecule has 0 radical (unpaired) electrons. The van der Waals surface area contributed by atoms with Gasteiger partial charge in [-0.1, -0.05) is 35.5 Å². The molecule has 0 aliphatic heterocycles. The Balaban J connectivity index is 2.26. The zero-order valence-electron chi connectivity index (χ0n) is 11.6. The highest BCUT2D eigenvalue weighted by atomic mass is 35.5. The first-order valence-corrected chi connectivity index (χ1v) is 7.64. The topological polar surface area (TPSA) is 35.2 Å². The highest BCUT2D eigenvalue weighted by molar-refractivity contribution is 7.99. The van der Waals surface area contributed by atoms with Crippen molar-refractivity contribution in [2.24, 2.45) is 5.73 Å². The number of hydrogen-bond acceptors (Lipinski definition) is 3. The van der Waals surface area contributed by atoms with Crippen molar-refractivity contribution in [3.05, 3.63) is 53.1 Å². The lowest BCUT2D eigenvalue weighted by atomic mass is 10.1. The second-order valence-electron chi connectivity index (χ2n) is 4.69. The predicted octanol–water partition coefficient (Wildman–Crippen LogP) is 4.39. The Hall–Kier alpha value is -1.16. The summed E-state index contributed by atoms with van der Waals surface area (Å²) in [6.45, 7) is 2.00. The molecular weight excluding hydrogens is 290 g/mol. The van der Waals surface area contributed by atoms with E-state index in [1.165, 1.54) is 5.56 Å². The minimum absolute atomic E-state index is 0.115. The third kappa shape index (κ3) is 3.92. The van der Waals surface area contributed by atoms with Crippen LogP contribution in [0.1, 0.15) is 12.5 Å². The molecule has 0 aliphatic rings. The van der Waals surface area contributed by atoms with Crippen LogP contribution in [0.4, 0.5) is 0 Å². The Morgan fingerprint density at radius 3 is 2.50 bits per heavy atom. The molecule has 0 bridgehead atoms. The molecule has 0 fully saturated rings. The van der Waals surface area contributed by atoms with Crippen molar-refractivity contribution in [2.75, 3.05) is 7.11 Å². The Morgan fingerprint density at radius 1 is 1.20 bits per heavy atom. The van der Waals surface area contributed by atoms with Gasteiger partial charge in [-0.25, -0.2) is 0 Å². The van der Waals surface area contributed by atoms with Crippen molar-refractivity contribution in [3.8, 4) is 5.75 Å². The van der Waals surface area contributed by atoms with Crippen LogP contribution in [-0.2, 0) is 6.42 Å². The van der Waals surface area contributed by atoms with Crippen LogP contribution in [0, 0.1) is 0 Å².